The summed E-state index contributed by atoms with van der Waals surface area (Å²) in [5.74, 6) is 0.848. The van der Waals surface area contributed by atoms with Gasteiger partial charge in [-0.25, -0.2) is 9.97 Å². The first-order valence-electron chi connectivity index (χ1n) is 10.5. The van der Waals surface area contributed by atoms with Gasteiger partial charge in [-0.3, -0.25) is 9.20 Å². The number of fused-ring (bicyclic) bond motifs is 2. The Hall–Kier alpha value is -3.20. The van der Waals surface area contributed by atoms with E-state index in [-0.39, 0.29) is 28.9 Å². The molecule has 7 rings (SSSR count). The molecule has 0 unspecified atom stereocenters. The first-order chi connectivity index (χ1) is 15.0. The lowest BCUT2D eigenvalue weighted by Crippen LogP contribution is -2.45. The molecule has 31 heavy (non-hydrogen) atoms. The number of nitrogens with zero attached hydrogens (tertiary/aromatic N) is 4. The number of nitrogens with one attached hydrogen (secondary N) is 1. The normalized spacial score (nSPS) is 26.5. The Bertz CT molecular complexity index is 1200. The molecular formula is C22H23N5O4. The summed E-state index contributed by atoms with van der Waals surface area (Å²) in [6, 6.07) is 3.36. The second-order valence-corrected chi connectivity index (χ2v) is 9.00. The molecule has 9 heteroatoms. The molecule has 1 amide bonds. The number of hydrogen-bond acceptors (Lipinski definition) is 7. The summed E-state index contributed by atoms with van der Waals surface area (Å²) >= 11 is 0. The number of anilines is 1. The Kier molecular flexibility index (Phi) is 3.83. The first kappa shape index (κ1) is 18.6. The average Bonchev–Trinajstić information content (AvgIpc) is 3.21. The van der Waals surface area contributed by atoms with E-state index in [4.69, 9.17) is 19.2 Å². The van der Waals surface area contributed by atoms with E-state index in [1.807, 2.05) is 16.8 Å². The third-order valence-corrected chi connectivity index (χ3v) is 6.34. The van der Waals surface area contributed by atoms with Gasteiger partial charge in [-0.15, -0.1) is 0 Å². The highest BCUT2D eigenvalue weighted by Gasteiger charge is 2.61. The molecule has 0 spiro atoms. The van der Waals surface area contributed by atoms with Crippen LogP contribution < -0.4 is 14.8 Å². The van der Waals surface area contributed by atoms with Crippen molar-refractivity contribution < 1.29 is 19.0 Å². The number of methoxy groups -OCH3 is 1. The van der Waals surface area contributed by atoms with E-state index in [0.29, 0.717) is 29.5 Å². The van der Waals surface area contributed by atoms with E-state index < -0.39 is 0 Å². The summed E-state index contributed by atoms with van der Waals surface area (Å²) in [4.78, 5) is 26.4. The maximum Gasteiger partial charge on any atom is 0.261 e. The van der Waals surface area contributed by atoms with Crippen molar-refractivity contribution in [3.05, 3.63) is 42.0 Å². The van der Waals surface area contributed by atoms with Crippen LogP contribution in [0.25, 0.3) is 5.78 Å². The second kappa shape index (κ2) is 6.40. The van der Waals surface area contributed by atoms with Gasteiger partial charge in [0, 0.05) is 24.0 Å². The third-order valence-electron chi connectivity index (χ3n) is 6.34. The van der Waals surface area contributed by atoms with Crippen LogP contribution in [0.1, 0.15) is 48.7 Å². The molecule has 0 aromatic carbocycles. The molecule has 9 nitrogen and oxygen atoms in total. The number of hydrogen-bond donors (Lipinski definition) is 1. The second-order valence-electron chi connectivity index (χ2n) is 9.00. The number of imidazole rings is 1. The third kappa shape index (κ3) is 3.03. The average molecular weight is 421 g/mol. The quantitative estimate of drug-likeness (QED) is 0.653. The first-order valence-corrected chi connectivity index (χ1v) is 10.5. The van der Waals surface area contributed by atoms with Crippen molar-refractivity contribution >= 4 is 17.4 Å². The van der Waals surface area contributed by atoms with Gasteiger partial charge in [0.15, 0.2) is 0 Å². The highest BCUT2D eigenvalue weighted by molar-refractivity contribution is 6.06. The zero-order valence-corrected chi connectivity index (χ0v) is 17.4. The SMILES string of the molecule is COc1ncccc1C(=O)Nc1cn2cc(C34COC(C)(C3)C4)nc2nc1OC1CC1. The van der Waals surface area contributed by atoms with Crippen molar-refractivity contribution in [2.75, 3.05) is 19.0 Å². The summed E-state index contributed by atoms with van der Waals surface area (Å²) in [5, 5.41) is 2.91. The lowest BCUT2D eigenvalue weighted by molar-refractivity contribution is 0.0154. The Morgan fingerprint density at radius 2 is 2.10 bits per heavy atom. The summed E-state index contributed by atoms with van der Waals surface area (Å²) in [6.07, 6.45) is 9.40. The number of carbonyl (C=O) groups is 1. The highest BCUT2D eigenvalue weighted by atomic mass is 16.5. The standard InChI is InChI=1S/C22H23N5O4/c1-21-10-22(11-21,12-30-21)16-9-27-8-15(19(26-20(27)25-16)31-13-5-6-13)24-17(28)14-4-3-7-23-18(14)29-2/h3-4,7-9,13H,5-6,10-12H2,1-2H3,(H,24,28). The van der Waals surface area contributed by atoms with Gasteiger partial charge >= 0.3 is 0 Å². The largest absolute Gasteiger partial charge is 0.480 e. The smallest absolute Gasteiger partial charge is 0.261 e. The van der Waals surface area contributed by atoms with Crippen LogP contribution in [0.2, 0.25) is 0 Å². The van der Waals surface area contributed by atoms with Crippen molar-refractivity contribution in [1.29, 1.82) is 0 Å². The molecule has 4 aliphatic rings. The van der Waals surface area contributed by atoms with E-state index in [0.717, 1.165) is 31.4 Å². The summed E-state index contributed by atoms with van der Waals surface area (Å²) in [5.41, 5.74) is 1.74. The Labute approximate surface area is 178 Å². The molecular weight excluding hydrogens is 398 g/mol. The summed E-state index contributed by atoms with van der Waals surface area (Å²) < 4.78 is 19.0. The number of amides is 1. The predicted molar refractivity (Wildman–Crippen MR) is 111 cm³/mol. The van der Waals surface area contributed by atoms with E-state index in [1.165, 1.54) is 7.11 Å². The van der Waals surface area contributed by atoms with Crippen LogP contribution in [0.3, 0.4) is 0 Å². The minimum absolute atomic E-state index is 0.0224. The van der Waals surface area contributed by atoms with Crippen molar-refractivity contribution in [1.82, 2.24) is 19.4 Å². The van der Waals surface area contributed by atoms with Gasteiger partial charge in [0.2, 0.25) is 17.5 Å². The van der Waals surface area contributed by atoms with Crippen LogP contribution in [-0.2, 0) is 10.2 Å². The molecule has 160 valence electrons. The molecule has 1 N–H and O–H groups in total. The van der Waals surface area contributed by atoms with Gasteiger partial charge in [0.25, 0.3) is 5.91 Å². The van der Waals surface area contributed by atoms with Gasteiger partial charge in [-0.05, 0) is 44.7 Å². The number of pyridine rings is 1. The molecule has 0 radical (unpaired) electrons. The van der Waals surface area contributed by atoms with Crippen LogP contribution in [0, 0.1) is 0 Å². The molecule has 3 aromatic rings. The topological polar surface area (TPSA) is 99.9 Å². The van der Waals surface area contributed by atoms with Crippen molar-refractivity contribution in [2.45, 2.75) is 49.7 Å². The van der Waals surface area contributed by atoms with Gasteiger partial charge in [-0.2, -0.15) is 4.98 Å². The van der Waals surface area contributed by atoms with Crippen LogP contribution in [0.15, 0.2) is 30.7 Å². The number of ether oxygens (including phenoxy) is 3. The van der Waals surface area contributed by atoms with Crippen molar-refractivity contribution in [3.63, 3.8) is 0 Å². The number of rotatable bonds is 6. The fourth-order valence-corrected chi connectivity index (χ4v) is 4.75. The van der Waals surface area contributed by atoms with Crippen LogP contribution in [-0.4, -0.2) is 50.7 Å². The minimum atomic E-state index is -0.343. The van der Waals surface area contributed by atoms with Gasteiger partial charge in [0.1, 0.15) is 17.4 Å². The van der Waals surface area contributed by atoms with Gasteiger partial charge in [0.05, 0.1) is 25.0 Å². The van der Waals surface area contributed by atoms with Crippen molar-refractivity contribution in [3.8, 4) is 11.8 Å². The molecule has 2 saturated carbocycles. The molecule has 4 fully saturated rings. The molecule has 2 aliphatic heterocycles. The van der Waals surface area contributed by atoms with Crippen molar-refractivity contribution in [2.24, 2.45) is 0 Å². The van der Waals surface area contributed by atoms with Gasteiger partial charge in [-0.1, -0.05) is 0 Å². The Morgan fingerprint density at radius 3 is 2.81 bits per heavy atom. The molecule has 0 atom stereocenters. The van der Waals surface area contributed by atoms with Crippen LogP contribution >= 0.6 is 0 Å². The lowest BCUT2D eigenvalue weighted by atomic mass is 9.62. The van der Waals surface area contributed by atoms with E-state index in [9.17, 15) is 4.79 Å². The summed E-state index contributed by atoms with van der Waals surface area (Å²) in [7, 11) is 1.49. The molecule has 2 bridgehead atoms. The van der Waals surface area contributed by atoms with Gasteiger partial charge < -0.3 is 19.5 Å². The minimum Gasteiger partial charge on any atom is -0.480 e. The van der Waals surface area contributed by atoms with E-state index in [1.54, 1.807) is 18.3 Å². The Morgan fingerprint density at radius 1 is 1.26 bits per heavy atom. The highest BCUT2D eigenvalue weighted by Crippen LogP contribution is 2.58. The summed E-state index contributed by atoms with van der Waals surface area (Å²) in [6.45, 7) is 2.83. The molecule has 5 heterocycles. The zero-order chi connectivity index (χ0) is 21.2. The monoisotopic (exact) mass is 421 g/mol. The fraction of sp³-hybridized carbons (Fsp3) is 0.455. The predicted octanol–water partition coefficient (Wildman–Crippen LogP) is 2.75. The van der Waals surface area contributed by atoms with E-state index in [2.05, 4.69) is 22.2 Å². The van der Waals surface area contributed by atoms with Crippen LogP contribution in [0.5, 0.6) is 11.8 Å². The molecule has 2 aliphatic carbocycles. The maximum atomic E-state index is 12.9. The molecule has 3 aromatic heterocycles. The zero-order valence-electron chi connectivity index (χ0n) is 17.4. The lowest BCUT2D eigenvalue weighted by Gasteiger charge is -2.41. The van der Waals surface area contributed by atoms with Crippen LogP contribution in [0.4, 0.5) is 5.69 Å². The fourth-order valence-electron chi connectivity index (χ4n) is 4.75. The number of aromatic nitrogens is 4. The van der Waals surface area contributed by atoms with E-state index >= 15 is 0 Å². The number of carbonyl (C=O) groups excluding carboxylic acids is 1. The maximum absolute atomic E-state index is 12.9. The molecule has 2 saturated heterocycles. The Balaban J connectivity index is 1.36.